The highest BCUT2D eigenvalue weighted by Gasteiger charge is 2.27. The second-order valence-corrected chi connectivity index (χ2v) is 6.56. The number of halogens is 1. The number of hydrogen-bond acceptors (Lipinski definition) is 5. The molecule has 20 heavy (non-hydrogen) atoms. The van der Waals surface area contributed by atoms with Gasteiger partial charge in [0.25, 0.3) is 0 Å². The molecule has 2 aromatic rings. The average molecular weight is 298 g/mol. The van der Waals surface area contributed by atoms with Crippen LogP contribution in [0.1, 0.15) is 23.1 Å². The number of benzene rings is 1. The van der Waals surface area contributed by atoms with E-state index < -0.39 is 21.7 Å². The Morgan fingerprint density at radius 1 is 1.30 bits per heavy atom. The van der Waals surface area contributed by atoms with Gasteiger partial charge in [-0.2, -0.15) is 0 Å². The third-order valence-electron chi connectivity index (χ3n) is 2.98. The van der Waals surface area contributed by atoms with Crippen molar-refractivity contribution in [3.8, 4) is 0 Å². The Labute approximate surface area is 116 Å². The summed E-state index contributed by atoms with van der Waals surface area (Å²) in [6.07, 6.45) is 0. The number of rotatable bonds is 4. The number of aryl methyl sites for hydroxylation is 2. The van der Waals surface area contributed by atoms with E-state index in [0.717, 1.165) is 0 Å². The van der Waals surface area contributed by atoms with Crippen LogP contribution in [0.3, 0.4) is 0 Å². The first-order chi connectivity index (χ1) is 9.31. The highest BCUT2D eigenvalue weighted by molar-refractivity contribution is 7.91. The van der Waals surface area contributed by atoms with Crippen LogP contribution in [0.2, 0.25) is 0 Å². The molecule has 2 rings (SSSR count). The molecule has 108 valence electrons. The molecule has 0 aliphatic rings. The van der Waals surface area contributed by atoms with Gasteiger partial charge in [-0.25, -0.2) is 12.8 Å². The van der Waals surface area contributed by atoms with E-state index in [1.54, 1.807) is 6.92 Å². The number of nitrogens with zero attached hydrogens (tertiary/aromatic N) is 1. The van der Waals surface area contributed by atoms with E-state index in [-0.39, 0.29) is 16.4 Å². The van der Waals surface area contributed by atoms with Crippen LogP contribution in [0, 0.1) is 19.7 Å². The second-order valence-electron chi connectivity index (χ2n) is 4.59. The molecule has 0 radical (unpaired) electrons. The molecule has 1 atom stereocenters. The largest absolute Gasteiger partial charge is 0.360 e. The van der Waals surface area contributed by atoms with Crippen LogP contribution in [0.15, 0.2) is 33.7 Å². The van der Waals surface area contributed by atoms with Gasteiger partial charge in [0.2, 0.25) is 0 Å². The van der Waals surface area contributed by atoms with E-state index in [4.69, 9.17) is 10.3 Å². The normalized spacial score (nSPS) is 13.4. The molecule has 0 aliphatic heterocycles. The maximum Gasteiger partial charge on any atom is 0.185 e. The zero-order chi connectivity index (χ0) is 14.9. The average Bonchev–Trinajstić information content (AvgIpc) is 2.69. The predicted molar refractivity (Wildman–Crippen MR) is 71.4 cm³/mol. The molecule has 1 aromatic heterocycles. The Bertz CT molecular complexity index is 688. The van der Waals surface area contributed by atoms with Crippen LogP contribution >= 0.6 is 0 Å². The summed E-state index contributed by atoms with van der Waals surface area (Å²) in [5.74, 6) is -0.440. The Morgan fingerprint density at radius 3 is 2.40 bits per heavy atom. The van der Waals surface area contributed by atoms with Gasteiger partial charge >= 0.3 is 0 Å². The van der Waals surface area contributed by atoms with Gasteiger partial charge in [-0.1, -0.05) is 17.3 Å². The van der Waals surface area contributed by atoms with E-state index in [9.17, 15) is 12.8 Å². The molecule has 0 saturated heterocycles. The lowest BCUT2D eigenvalue weighted by atomic mass is 10.1. The summed E-state index contributed by atoms with van der Waals surface area (Å²) in [6.45, 7) is 3.10. The van der Waals surface area contributed by atoms with Crippen LogP contribution in [-0.2, 0) is 9.84 Å². The summed E-state index contributed by atoms with van der Waals surface area (Å²) >= 11 is 0. The van der Waals surface area contributed by atoms with Gasteiger partial charge in [-0.15, -0.1) is 0 Å². The van der Waals surface area contributed by atoms with Gasteiger partial charge in [-0.3, -0.25) is 0 Å². The van der Waals surface area contributed by atoms with E-state index in [1.807, 2.05) is 0 Å². The van der Waals surface area contributed by atoms with E-state index >= 15 is 0 Å². The minimum atomic E-state index is -3.61. The summed E-state index contributed by atoms with van der Waals surface area (Å²) in [5, 5.41) is 3.63. The van der Waals surface area contributed by atoms with Crippen molar-refractivity contribution < 1.29 is 17.3 Å². The van der Waals surface area contributed by atoms with E-state index in [0.29, 0.717) is 11.3 Å². The summed E-state index contributed by atoms with van der Waals surface area (Å²) in [6, 6.07) is 4.70. The molecule has 2 N–H and O–H groups in total. The maximum absolute atomic E-state index is 12.8. The van der Waals surface area contributed by atoms with Crippen molar-refractivity contribution in [2.24, 2.45) is 5.73 Å². The van der Waals surface area contributed by atoms with Crippen LogP contribution in [0.5, 0.6) is 0 Å². The van der Waals surface area contributed by atoms with E-state index in [1.165, 1.54) is 31.2 Å². The Hall–Kier alpha value is -1.73. The third-order valence-corrected chi connectivity index (χ3v) is 4.98. The van der Waals surface area contributed by atoms with Crippen molar-refractivity contribution >= 4 is 9.84 Å². The van der Waals surface area contributed by atoms with E-state index in [2.05, 4.69) is 5.16 Å². The molecule has 1 heterocycles. The number of aromatic nitrogens is 1. The fraction of sp³-hybridized carbons (Fsp3) is 0.308. The SMILES string of the molecule is Cc1noc(C)c1S(=O)(=O)CC(N)c1ccc(F)cc1. The molecule has 0 spiro atoms. The first-order valence-electron chi connectivity index (χ1n) is 5.98. The molecule has 0 amide bonds. The van der Waals surface area contributed by atoms with Crippen molar-refractivity contribution in [3.63, 3.8) is 0 Å². The lowest BCUT2D eigenvalue weighted by Gasteiger charge is -2.12. The highest BCUT2D eigenvalue weighted by Crippen LogP contribution is 2.23. The molecule has 0 aliphatic carbocycles. The molecule has 1 aromatic carbocycles. The fourth-order valence-corrected chi connectivity index (χ4v) is 3.84. The molecule has 0 saturated carbocycles. The Morgan fingerprint density at radius 2 is 1.90 bits per heavy atom. The molecular weight excluding hydrogens is 283 g/mol. The fourth-order valence-electron chi connectivity index (χ4n) is 2.04. The first-order valence-corrected chi connectivity index (χ1v) is 7.63. The van der Waals surface area contributed by atoms with Gasteiger partial charge < -0.3 is 10.3 Å². The summed E-state index contributed by atoms with van der Waals surface area (Å²) in [7, 11) is -3.61. The van der Waals surface area contributed by atoms with Crippen LogP contribution < -0.4 is 5.73 Å². The van der Waals surface area contributed by atoms with Gasteiger partial charge in [0.1, 0.15) is 10.7 Å². The second kappa shape index (κ2) is 5.34. The molecule has 1 unspecified atom stereocenters. The Balaban J connectivity index is 2.27. The number of nitrogens with two attached hydrogens (primary N) is 1. The molecule has 5 nitrogen and oxygen atoms in total. The van der Waals surface area contributed by atoms with Gasteiger partial charge in [0.15, 0.2) is 15.6 Å². The highest BCUT2D eigenvalue weighted by atomic mass is 32.2. The topological polar surface area (TPSA) is 86.2 Å². The quantitative estimate of drug-likeness (QED) is 0.931. The van der Waals surface area contributed by atoms with Gasteiger partial charge in [0, 0.05) is 6.04 Å². The molecule has 0 fully saturated rings. The lowest BCUT2D eigenvalue weighted by molar-refractivity contribution is 0.390. The summed E-state index contributed by atoms with van der Waals surface area (Å²) in [4.78, 5) is 0.0788. The lowest BCUT2D eigenvalue weighted by Crippen LogP contribution is -2.22. The monoisotopic (exact) mass is 298 g/mol. The van der Waals surface area contributed by atoms with Crippen molar-refractivity contribution in [3.05, 3.63) is 47.1 Å². The van der Waals surface area contributed by atoms with Crippen LogP contribution in [0.25, 0.3) is 0 Å². The van der Waals surface area contributed by atoms with Gasteiger partial charge in [0.05, 0.1) is 11.4 Å². The molecule has 0 bridgehead atoms. The molecule has 7 heteroatoms. The zero-order valence-electron chi connectivity index (χ0n) is 11.1. The number of sulfone groups is 1. The van der Waals surface area contributed by atoms with Crippen molar-refractivity contribution in [2.75, 3.05) is 5.75 Å². The molecular formula is C13H15FN2O3S. The smallest absolute Gasteiger partial charge is 0.185 e. The standard InChI is InChI=1S/C13H15FN2O3S/c1-8-13(9(2)19-16-8)20(17,18)7-12(15)10-3-5-11(14)6-4-10/h3-6,12H,7,15H2,1-2H3. The van der Waals surface area contributed by atoms with Crippen LogP contribution in [-0.4, -0.2) is 19.3 Å². The minimum absolute atomic E-state index is 0.0788. The zero-order valence-corrected chi connectivity index (χ0v) is 11.9. The summed E-state index contributed by atoms with van der Waals surface area (Å²) in [5.41, 5.74) is 6.76. The maximum atomic E-state index is 12.8. The first kappa shape index (κ1) is 14.7. The van der Waals surface area contributed by atoms with Crippen molar-refractivity contribution in [1.29, 1.82) is 0 Å². The predicted octanol–water partition coefficient (Wildman–Crippen LogP) is 1.90. The Kier molecular flexibility index (Phi) is 3.92. The van der Waals surface area contributed by atoms with Gasteiger partial charge in [-0.05, 0) is 31.5 Å². The third kappa shape index (κ3) is 2.88. The summed E-state index contributed by atoms with van der Waals surface area (Å²) < 4.78 is 42.4. The number of hydrogen-bond donors (Lipinski definition) is 1. The van der Waals surface area contributed by atoms with Crippen LogP contribution in [0.4, 0.5) is 4.39 Å². The van der Waals surface area contributed by atoms with Crippen molar-refractivity contribution in [2.45, 2.75) is 24.8 Å². The van der Waals surface area contributed by atoms with Crippen molar-refractivity contribution in [1.82, 2.24) is 5.16 Å². The minimum Gasteiger partial charge on any atom is -0.360 e.